The Morgan fingerprint density at radius 2 is 1.83 bits per heavy atom. The van der Waals surface area contributed by atoms with Gasteiger partial charge in [-0.3, -0.25) is 0 Å². The van der Waals surface area contributed by atoms with Crippen LogP contribution in [0.2, 0.25) is 0 Å². The third-order valence-corrected chi connectivity index (χ3v) is 4.87. The zero-order valence-corrected chi connectivity index (χ0v) is 8.77. The average molecular weight is 166 g/mol. The lowest BCUT2D eigenvalue weighted by Gasteiger charge is -2.59. The molecule has 0 aromatic carbocycles. The number of hydrogen-bond donors (Lipinski definition) is 0. The van der Waals surface area contributed by atoms with Crippen molar-refractivity contribution in [2.75, 3.05) is 0 Å². The molecule has 70 valence electrons. The van der Waals surface area contributed by atoms with E-state index >= 15 is 0 Å². The summed E-state index contributed by atoms with van der Waals surface area (Å²) in [4.78, 5) is 0. The summed E-state index contributed by atoms with van der Waals surface area (Å²) >= 11 is 0. The van der Waals surface area contributed by atoms with Crippen molar-refractivity contribution in [1.29, 1.82) is 0 Å². The molecule has 2 atom stereocenters. The van der Waals surface area contributed by atoms with Crippen molar-refractivity contribution in [3.8, 4) is 0 Å². The normalized spacial score (nSPS) is 42.5. The Morgan fingerprint density at radius 1 is 1.17 bits per heavy atom. The minimum absolute atomic E-state index is 0.776. The van der Waals surface area contributed by atoms with Crippen LogP contribution in [0.1, 0.15) is 52.9 Å². The molecule has 12 heavy (non-hydrogen) atoms. The topological polar surface area (TPSA) is 0 Å². The molecule has 2 saturated carbocycles. The quantitative estimate of drug-likeness (QED) is 0.584. The van der Waals surface area contributed by atoms with Crippen LogP contribution in [0.5, 0.6) is 0 Å². The van der Waals surface area contributed by atoms with Crippen molar-refractivity contribution >= 4 is 0 Å². The predicted octanol–water partition coefficient (Wildman–Crippen LogP) is 3.86. The van der Waals surface area contributed by atoms with E-state index in [1.165, 1.54) is 32.1 Å². The molecule has 2 unspecified atom stereocenters. The molecule has 0 saturated heterocycles. The van der Waals surface area contributed by atoms with E-state index < -0.39 is 0 Å². The fourth-order valence-electron chi connectivity index (χ4n) is 3.65. The van der Waals surface area contributed by atoms with Gasteiger partial charge in [-0.1, -0.05) is 27.2 Å². The summed E-state index contributed by atoms with van der Waals surface area (Å²) in [5, 5.41) is 0. The van der Waals surface area contributed by atoms with Gasteiger partial charge in [-0.25, -0.2) is 0 Å². The SMILES string of the molecule is CC(C)C1(C2CCC2)CCC1C. The molecule has 2 aliphatic rings. The molecule has 0 nitrogen and oxygen atoms in total. The lowest BCUT2D eigenvalue weighted by molar-refractivity contribution is -0.0949. The van der Waals surface area contributed by atoms with Crippen molar-refractivity contribution in [2.45, 2.75) is 52.9 Å². The lowest BCUT2D eigenvalue weighted by Crippen LogP contribution is -2.50. The maximum Gasteiger partial charge on any atom is -0.0220 e. The summed E-state index contributed by atoms with van der Waals surface area (Å²) in [5.74, 6) is 3.04. The van der Waals surface area contributed by atoms with E-state index in [0.717, 1.165) is 23.2 Å². The molecule has 2 rings (SSSR count). The minimum atomic E-state index is 0.776. The molecule has 2 fully saturated rings. The Labute approximate surface area is 76.7 Å². The molecule has 0 radical (unpaired) electrons. The zero-order chi connectivity index (χ0) is 8.77. The second-order valence-corrected chi connectivity index (χ2v) is 5.33. The van der Waals surface area contributed by atoms with Crippen molar-refractivity contribution in [2.24, 2.45) is 23.2 Å². The van der Waals surface area contributed by atoms with Gasteiger partial charge in [0.2, 0.25) is 0 Å². The van der Waals surface area contributed by atoms with Crippen LogP contribution in [-0.2, 0) is 0 Å². The smallest absolute Gasteiger partial charge is 0.0220 e. The van der Waals surface area contributed by atoms with E-state index in [1.54, 1.807) is 0 Å². The fraction of sp³-hybridized carbons (Fsp3) is 1.00. The highest BCUT2D eigenvalue weighted by atomic mass is 14.6. The van der Waals surface area contributed by atoms with Crippen LogP contribution in [0, 0.1) is 23.2 Å². The molecule has 2 aliphatic carbocycles. The molecule has 0 aromatic rings. The first kappa shape index (κ1) is 8.59. The summed E-state index contributed by atoms with van der Waals surface area (Å²) in [6.07, 6.45) is 7.59. The first-order valence-electron chi connectivity index (χ1n) is 5.68. The molecular weight excluding hydrogens is 144 g/mol. The molecule has 0 heteroatoms. The molecule has 0 N–H and O–H groups in total. The maximum atomic E-state index is 2.47. The first-order chi connectivity index (χ1) is 5.68. The van der Waals surface area contributed by atoms with E-state index in [4.69, 9.17) is 0 Å². The minimum Gasteiger partial charge on any atom is -0.0622 e. The molecule has 0 spiro atoms. The van der Waals surface area contributed by atoms with Gasteiger partial charge in [-0.05, 0) is 48.9 Å². The summed E-state index contributed by atoms with van der Waals surface area (Å²) in [6.45, 7) is 7.35. The monoisotopic (exact) mass is 166 g/mol. The van der Waals surface area contributed by atoms with Crippen molar-refractivity contribution in [1.82, 2.24) is 0 Å². The maximum absolute atomic E-state index is 2.47. The number of hydrogen-bond acceptors (Lipinski definition) is 0. The summed E-state index contributed by atoms with van der Waals surface area (Å²) < 4.78 is 0. The highest BCUT2D eigenvalue weighted by molar-refractivity contribution is 5.02. The lowest BCUT2D eigenvalue weighted by atomic mass is 9.46. The average Bonchev–Trinajstić information content (AvgIpc) is 1.92. The Hall–Kier alpha value is 0. The summed E-state index contributed by atoms with van der Waals surface area (Å²) in [6, 6.07) is 0. The largest absolute Gasteiger partial charge is 0.0622 e. The molecule has 0 aromatic heterocycles. The Balaban J connectivity index is 2.11. The summed E-state index contributed by atoms with van der Waals surface area (Å²) in [7, 11) is 0. The molecule has 0 amide bonds. The van der Waals surface area contributed by atoms with Crippen LogP contribution in [0.15, 0.2) is 0 Å². The van der Waals surface area contributed by atoms with Crippen molar-refractivity contribution in [3.05, 3.63) is 0 Å². The van der Waals surface area contributed by atoms with E-state index in [1.807, 2.05) is 0 Å². The Morgan fingerprint density at radius 3 is 1.92 bits per heavy atom. The van der Waals surface area contributed by atoms with Gasteiger partial charge in [0.15, 0.2) is 0 Å². The highest BCUT2D eigenvalue weighted by Gasteiger charge is 2.52. The van der Waals surface area contributed by atoms with E-state index in [2.05, 4.69) is 20.8 Å². The molecular formula is C12H22. The van der Waals surface area contributed by atoms with Crippen LogP contribution in [0.4, 0.5) is 0 Å². The van der Waals surface area contributed by atoms with Crippen LogP contribution >= 0.6 is 0 Å². The highest BCUT2D eigenvalue weighted by Crippen LogP contribution is 2.61. The second kappa shape index (κ2) is 2.75. The zero-order valence-electron chi connectivity index (χ0n) is 8.77. The van der Waals surface area contributed by atoms with Gasteiger partial charge >= 0.3 is 0 Å². The second-order valence-electron chi connectivity index (χ2n) is 5.33. The van der Waals surface area contributed by atoms with Gasteiger partial charge in [0.1, 0.15) is 0 Å². The van der Waals surface area contributed by atoms with Crippen LogP contribution in [0.3, 0.4) is 0 Å². The molecule has 0 heterocycles. The van der Waals surface area contributed by atoms with Gasteiger partial charge in [0, 0.05) is 0 Å². The van der Waals surface area contributed by atoms with Crippen LogP contribution in [-0.4, -0.2) is 0 Å². The van der Waals surface area contributed by atoms with Gasteiger partial charge < -0.3 is 0 Å². The van der Waals surface area contributed by atoms with E-state index in [9.17, 15) is 0 Å². The predicted molar refractivity (Wildman–Crippen MR) is 53.0 cm³/mol. The summed E-state index contributed by atoms with van der Waals surface area (Å²) in [5.41, 5.74) is 0.776. The first-order valence-corrected chi connectivity index (χ1v) is 5.68. The Bertz CT molecular complexity index is 160. The van der Waals surface area contributed by atoms with E-state index in [-0.39, 0.29) is 0 Å². The fourth-order valence-corrected chi connectivity index (χ4v) is 3.65. The molecule has 0 bridgehead atoms. The molecule has 0 aliphatic heterocycles. The van der Waals surface area contributed by atoms with Crippen molar-refractivity contribution < 1.29 is 0 Å². The Kier molecular flexibility index (Phi) is 1.97. The van der Waals surface area contributed by atoms with Crippen LogP contribution in [0.25, 0.3) is 0 Å². The van der Waals surface area contributed by atoms with Gasteiger partial charge in [0.05, 0.1) is 0 Å². The van der Waals surface area contributed by atoms with Gasteiger partial charge in [-0.15, -0.1) is 0 Å². The van der Waals surface area contributed by atoms with Gasteiger partial charge in [0.25, 0.3) is 0 Å². The third kappa shape index (κ3) is 0.900. The van der Waals surface area contributed by atoms with Crippen molar-refractivity contribution in [3.63, 3.8) is 0 Å². The third-order valence-electron chi connectivity index (χ3n) is 4.87. The standard InChI is InChI=1S/C12H22/c1-9(2)12(8-7-10(12)3)11-5-4-6-11/h9-11H,4-8H2,1-3H3. The number of rotatable bonds is 2. The van der Waals surface area contributed by atoms with Gasteiger partial charge in [-0.2, -0.15) is 0 Å². The van der Waals surface area contributed by atoms with E-state index in [0.29, 0.717) is 0 Å². The van der Waals surface area contributed by atoms with Crippen LogP contribution < -0.4 is 0 Å².